The van der Waals surface area contributed by atoms with E-state index in [9.17, 15) is 18.3 Å². The van der Waals surface area contributed by atoms with E-state index in [0.717, 1.165) is 32.2 Å². The number of sulfone groups is 1. The Morgan fingerprint density at radius 2 is 1.89 bits per heavy atom. The van der Waals surface area contributed by atoms with Gasteiger partial charge in [0.25, 0.3) is 0 Å². The van der Waals surface area contributed by atoms with Crippen molar-refractivity contribution in [3.63, 3.8) is 0 Å². The molecule has 2 aliphatic heterocycles. The molecule has 0 aromatic carbocycles. The summed E-state index contributed by atoms with van der Waals surface area (Å²) in [5.41, 5.74) is 0. The van der Waals surface area contributed by atoms with Crippen molar-refractivity contribution >= 4 is 15.6 Å². The smallest absolute Gasteiger partial charge is 0.154 e. The number of nitrogens with zero attached hydrogens (tertiary/aromatic N) is 1. The fourth-order valence-electron chi connectivity index (χ4n) is 4.04. The molecule has 3 aliphatic rings. The second-order valence-electron chi connectivity index (χ2n) is 6.12. The Hall–Kier alpha value is -0.460. The first-order valence-electron chi connectivity index (χ1n) is 7.15. The zero-order valence-corrected chi connectivity index (χ0v) is 11.8. The van der Waals surface area contributed by atoms with E-state index in [2.05, 4.69) is 4.90 Å². The largest absolute Gasteiger partial charge is 0.390 e. The molecule has 1 aliphatic carbocycles. The van der Waals surface area contributed by atoms with Gasteiger partial charge < -0.3 is 5.11 Å². The van der Waals surface area contributed by atoms with E-state index in [1.807, 2.05) is 0 Å². The van der Waals surface area contributed by atoms with Crippen molar-refractivity contribution in [3.05, 3.63) is 0 Å². The maximum atomic E-state index is 11.9. The summed E-state index contributed by atoms with van der Waals surface area (Å²) >= 11 is 0. The number of aliphatic hydroxyl groups excluding tert-OH is 1. The Morgan fingerprint density at radius 3 is 2.47 bits per heavy atom. The Labute approximate surface area is 113 Å². The maximum absolute atomic E-state index is 11.9. The van der Waals surface area contributed by atoms with Crippen LogP contribution in [0.25, 0.3) is 0 Å². The van der Waals surface area contributed by atoms with Crippen LogP contribution in [0.15, 0.2) is 0 Å². The third kappa shape index (κ3) is 2.45. The van der Waals surface area contributed by atoms with Crippen molar-refractivity contribution in [2.45, 2.75) is 50.3 Å². The second-order valence-corrected chi connectivity index (χ2v) is 8.28. The lowest BCUT2D eigenvalue weighted by Gasteiger charge is -2.34. The zero-order valence-electron chi connectivity index (χ0n) is 11.0. The lowest BCUT2D eigenvalue weighted by atomic mass is 9.94. The molecule has 19 heavy (non-hydrogen) atoms. The van der Waals surface area contributed by atoms with Crippen LogP contribution in [0.3, 0.4) is 0 Å². The highest BCUT2D eigenvalue weighted by Crippen LogP contribution is 2.36. The summed E-state index contributed by atoms with van der Waals surface area (Å²) < 4.78 is 23.3. The molecule has 0 bridgehead atoms. The van der Waals surface area contributed by atoms with Crippen molar-refractivity contribution in [3.8, 4) is 0 Å². The van der Waals surface area contributed by atoms with E-state index >= 15 is 0 Å². The number of carbonyl (C=O) groups is 1. The van der Waals surface area contributed by atoms with Crippen LogP contribution in [-0.4, -0.2) is 60.4 Å². The molecule has 4 unspecified atom stereocenters. The van der Waals surface area contributed by atoms with E-state index in [-0.39, 0.29) is 29.5 Å². The molecule has 1 saturated carbocycles. The van der Waals surface area contributed by atoms with Gasteiger partial charge in [-0.1, -0.05) is 0 Å². The van der Waals surface area contributed by atoms with Crippen molar-refractivity contribution in [1.82, 2.24) is 4.90 Å². The van der Waals surface area contributed by atoms with Gasteiger partial charge in [-0.15, -0.1) is 0 Å². The van der Waals surface area contributed by atoms with Gasteiger partial charge in [0.05, 0.1) is 23.7 Å². The SMILES string of the molecule is O=C1CCCC1C1CCCN1C1CS(=O)(=O)CC1O. The van der Waals surface area contributed by atoms with Crippen LogP contribution in [0.5, 0.6) is 0 Å². The van der Waals surface area contributed by atoms with Crippen molar-refractivity contribution in [1.29, 1.82) is 0 Å². The number of hydrogen-bond acceptors (Lipinski definition) is 5. The summed E-state index contributed by atoms with van der Waals surface area (Å²) in [5, 5.41) is 10.0. The summed E-state index contributed by atoms with van der Waals surface area (Å²) in [6.07, 6.45) is 3.72. The predicted molar refractivity (Wildman–Crippen MR) is 70.5 cm³/mol. The molecule has 5 nitrogen and oxygen atoms in total. The average Bonchev–Trinajstić information content (AvgIpc) is 2.97. The van der Waals surface area contributed by atoms with Crippen molar-refractivity contribution in [2.75, 3.05) is 18.1 Å². The molecule has 0 radical (unpaired) electrons. The van der Waals surface area contributed by atoms with Crippen molar-refractivity contribution in [2.24, 2.45) is 5.92 Å². The number of hydrogen-bond donors (Lipinski definition) is 1. The highest BCUT2D eigenvalue weighted by Gasteiger charge is 2.47. The van der Waals surface area contributed by atoms with Gasteiger partial charge in [-0.25, -0.2) is 8.42 Å². The lowest BCUT2D eigenvalue weighted by molar-refractivity contribution is -0.122. The molecule has 2 heterocycles. The van der Waals surface area contributed by atoms with E-state index in [1.54, 1.807) is 0 Å². The molecular formula is C13H21NO4S. The van der Waals surface area contributed by atoms with Gasteiger partial charge in [0.15, 0.2) is 9.84 Å². The zero-order chi connectivity index (χ0) is 13.6. The number of rotatable bonds is 2. The molecule has 4 atom stereocenters. The van der Waals surface area contributed by atoms with E-state index in [1.165, 1.54) is 0 Å². The number of likely N-dealkylation sites (tertiary alicyclic amines) is 1. The van der Waals surface area contributed by atoms with Gasteiger partial charge in [0.2, 0.25) is 0 Å². The minimum Gasteiger partial charge on any atom is -0.390 e. The molecular weight excluding hydrogens is 266 g/mol. The summed E-state index contributed by atoms with van der Waals surface area (Å²) in [4.78, 5) is 14.0. The van der Waals surface area contributed by atoms with Crippen LogP contribution >= 0.6 is 0 Å². The molecule has 3 fully saturated rings. The lowest BCUT2D eigenvalue weighted by Crippen LogP contribution is -2.49. The first kappa shape index (κ1) is 13.5. The van der Waals surface area contributed by atoms with Crippen LogP contribution in [-0.2, 0) is 14.6 Å². The Kier molecular flexibility index (Phi) is 3.43. The molecule has 2 saturated heterocycles. The summed E-state index contributed by atoms with van der Waals surface area (Å²) in [7, 11) is -3.12. The van der Waals surface area contributed by atoms with Gasteiger partial charge in [0.1, 0.15) is 5.78 Å². The Bertz CT molecular complexity index is 475. The topological polar surface area (TPSA) is 74.7 Å². The quantitative estimate of drug-likeness (QED) is 0.772. The fourth-order valence-corrected chi connectivity index (χ4v) is 5.85. The van der Waals surface area contributed by atoms with Crippen LogP contribution in [0, 0.1) is 5.92 Å². The molecule has 0 spiro atoms. The third-order valence-corrected chi connectivity index (χ3v) is 6.58. The average molecular weight is 287 g/mol. The summed E-state index contributed by atoms with van der Waals surface area (Å²) in [5.74, 6) is 0.315. The van der Waals surface area contributed by atoms with Gasteiger partial charge >= 0.3 is 0 Å². The molecule has 1 N–H and O–H groups in total. The van der Waals surface area contributed by atoms with Gasteiger partial charge in [-0.2, -0.15) is 0 Å². The standard InChI is InChI=1S/C13H21NO4S/c15-12-5-1-3-9(12)10-4-2-6-14(10)11-7-19(17,18)8-13(11)16/h9-11,13,16H,1-8H2. The van der Waals surface area contributed by atoms with E-state index in [4.69, 9.17) is 0 Å². The summed E-state index contributed by atoms with van der Waals surface area (Å²) in [6.45, 7) is 0.811. The fraction of sp³-hybridized carbons (Fsp3) is 0.923. The van der Waals surface area contributed by atoms with Crippen molar-refractivity contribution < 1.29 is 18.3 Å². The highest BCUT2D eigenvalue weighted by molar-refractivity contribution is 7.91. The van der Waals surface area contributed by atoms with Crippen LogP contribution in [0.4, 0.5) is 0 Å². The molecule has 0 aromatic rings. The maximum Gasteiger partial charge on any atom is 0.154 e. The molecule has 0 aromatic heterocycles. The molecule has 6 heteroatoms. The normalized spacial score (nSPS) is 43.1. The number of ketones is 1. The predicted octanol–water partition coefficient (Wildman–Crippen LogP) is -0.0221. The Balaban J connectivity index is 1.78. The van der Waals surface area contributed by atoms with E-state index in [0.29, 0.717) is 12.2 Å². The highest BCUT2D eigenvalue weighted by atomic mass is 32.2. The number of carbonyl (C=O) groups excluding carboxylic acids is 1. The van der Waals surface area contributed by atoms with Gasteiger partial charge in [-0.3, -0.25) is 9.69 Å². The minimum absolute atomic E-state index is 0.0472. The first-order chi connectivity index (χ1) is 8.98. The summed E-state index contributed by atoms with van der Waals surface area (Å²) in [6, 6.07) is -0.145. The van der Waals surface area contributed by atoms with Crippen LogP contribution < -0.4 is 0 Å². The molecule has 0 amide bonds. The number of Topliss-reactive ketones (excluding diaryl/α,β-unsaturated/α-hetero) is 1. The molecule has 108 valence electrons. The van der Waals surface area contributed by atoms with Gasteiger partial charge in [0, 0.05) is 18.4 Å². The van der Waals surface area contributed by atoms with Crippen LogP contribution in [0.2, 0.25) is 0 Å². The Morgan fingerprint density at radius 1 is 1.11 bits per heavy atom. The minimum atomic E-state index is -3.12. The second kappa shape index (κ2) is 4.82. The van der Waals surface area contributed by atoms with Gasteiger partial charge in [-0.05, 0) is 32.2 Å². The van der Waals surface area contributed by atoms with Crippen LogP contribution in [0.1, 0.15) is 32.1 Å². The number of aliphatic hydroxyl groups is 1. The van der Waals surface area contributed by atoms with E-state index < -0.39 is 15.9 Å². The first-order valence-corrected chi connectivity index (χ1v) is 8.97. The monoisotopic (exact) mass is 287 g/mol. The third-order valence-electron chi connectivity index (χ3n) is 4.88. The molecule has 3 rings (SSSR count).